The van der Waals surface area contributed by atoms with Crippen LogP contribution in [-0.2, 0) is 0 Å². The maximum atomic E-state index is 6.87. The minimum absolute atomic E-state index is 0.893. The molecule has 2 aromatic heterocycles. The van der Waals surface area contributed by atoms with Gasteiger partial charge in [0.15, 0.2) is 5.58 Å². The van der Waals surface area contributed by atoms with Crippen molar-refractivity contribution in [3.8, 4) is 11.1 Å². The fraction of sp³-hybridized carbons (Fsp3) is 0. The number of rotatable bonds is 7. The molecule has 0 aliphatic rings. The van der Waals surface area contributed by atoms with E-state index in [1.54, 1.807) is 0 Å². The van der Waals surface area contributed by atoms with Gasteiger partial charge >= 0.3 is 0 Å². The molecule has 0 aliphatic heterocycles. The number of fused-ring (bicyclic) bond motifs is 3. The Morgan fingerprint density at radius 2 is 0.891 bits per heavy atom. The van der Waals surface area contributed by atoms with Crippen LogP contribution in [0.1, 0.15) is 0 Å². The summed E-state index contributed by atoms with van der Waals surface area (Å²) in [5.74, 6) is 0. The van der Waals surface area contributed by atoms with Crippen molar-refractivity contribution in [3.05, 3.63) is 218 Å². The highest BCUT2D eigenvalue weighted by atomic mass is 32.1. The van der Waals surface area contributed by atoms with Crippen LogP contribution in [0.5, 0.6) is 0 Å². The van der Waals surface area contributed by atoms with Gasteiger partial charge in [-0.25, -0.2) is 0 Å². The Hall–Kier alpha value is -8.18. The van der Waals surface area contributed by atoms with E-state index in [2.05, 4.69) is 228 Å². The van der Waals surface area contributed by atoms with E-state index in [1.807, 2.05) is 11.3 Å². The molecule has 0 radical (unpaired) electrons. The molecule has 0 spiro atoms. The van der Waals surface area contributed by atoms with E-state index in [-0.39, 0.29) is 0 Å². The molecule has 0 unspecified atom stereocenters. The molecular weight excluding hydrogens is 797 g/mol. The van der Waals surface area contributed by atoms with Crippen molar-refractivity contribution in [3.63, 3.8) is 0 Å². The maximum Gasteiger partial charge on any atom is 0.160 e. The molecule has 3 nitrogen and oxygen atoms in total. The average Bonchev–Trinajstić information content (AvgIpc) is 3.95. The zero-order valence-corrected chi connectivity index (χ0v) is 35.3. The zero-order valence-electron chi connectivity index (χ0n) is 34.5. The number of benzene rings is 12. The van der Waals surface area contributed by atoms with Gasteiger partial charge < -0.3 is 14.2 Å². The predicted molar refractivity (Wildman–Crippen MR) is 274 cm³/mol. The summed E-state index contributed by atoms with van der Waals surface area (Å²) in [6.45, 7) is 0. The van der Waals surface area contributed by atoms with E-state index < -0.39 is 0 Å². The normalized spacial score (nSPS) is 12.1. The number of anilines is 6. The molecule has 0 N–H and O–H groups in total. The van der Waals surface area contributed by atoms with Gasteiger partial charge in [-0.1, -0.05) is 164 Å². The van der Waals surface area contributed by atoms with Gasteiger partial charge in [0, 0.05) is 48.3 Å². The standard InChI is InChI=1S/C60H36N2OS/c1-3-13-37(14-4-1)43-18-7-9-21-48(43)62(52-22-12-20-45-44-19-8-10-24-54(44)64-60(45)52)50-35-30-40-27-32-46-49(34-29-39-28-33-47(50)56(40)55(39)46)61(42-16-5-2-6-17-42)51-36-31-41-26-25-38-15-11-23-53-57(38)58(41)59(51)63-53/h1-36H. The number of thiophene rings is 1. The van der Waals surface area contributed by atoms with Crippen LogP contribution in [0, 0.1) is 0 Å². The second-order valence-corrected chi connectivity index (χ2v) is 17.8. The number of hydrogen-bond acceptors (Lipinski definition) is 4. The molecule has 4 heteroatoms. The lowest BCUT2D eigenvalue weighted by molar-refractivity contribution is 0.669. The van der Waals surface area contributed by atoms with E-state index >= 15 is 0 Å². The van der Waals surface area contributed by atoms with E-state index in [4.69, 9.17) is 4.42 Å². The second-order valence-electron chi connectivity index (χ2n) is 16.8. The van der Waals surface area contributed by atoms with Gasteiger partial charge in [-0.15, -0.1) is 11.3 Å². The Morgan fingerprint density at radius 3 is 1.67 bits per heavy atom. The molecule has 0 saturated carbocycles. The molecule has 12 aromatic carbocycles. The first-order chi connectivity index (χ1) is 31.8. The van der Waals surface area contributed by atoms with Crippen molar-refractivity contribution in [2.24, 2.45) is 0 Å². The number of para-hydroxylation sites is 2. The summed E-state index contributed by atoms with van der Waals surface area (Å²) < 4.78 is 9.42. The summed E-state index contributed by atoms with van der Waals surface area (Å²) >= 11 is 1.87. The topological polar surface area (TPSA) is 19.6 Å². The van der Waals surface area contributed by atoms with Crippen molar-refractivity contribution in [1.82, 2.24) is 0 Å². The molecule has 14 aromatic rings. The lowest BCUT2D eigenvalue weighted by atomic mass is 9.91. The molecule has 0 bridgehead atoms. The minimum Gasteiger partial charge on any atom is -0.454 e. The maximum absolute atomic E-state index is 6.87. The summed E-state index contributed by atoms with van der Waals surface area (Å²) in [5.41, 5.74) is 10.8. The second kappa shape index (κ2) is 13.7. The first-order valence-corrected chi connectivity index (χ1v) is 22.7. The average molecular weight is 833 g/mol. The van der Waals surface area contributed by atoms with E-state index in [0.29, 0.717) is 0 Å². The zero-order chi connectivity index (χ0) is 41.9. The Labute approximate surface area is 372 Å². The third-order valence-electron chi connectivity index (χ3n) is 13.3. The summed E-state index contributed by atoms with van der Waals surface area (Å²) in [4.78, 5) is 4.92. The van der Waals surface area contributed by atoms with Gasteiger partial charge in [0.25, 0.3) is 0 Å². The van der Waals surface area contributed by atoms with Gasteiger partial charge in [0.1, 0.15) is 5.58 Å². The molecule has 14 rings (SSSR count). The largest absolute Gasteiger partial charge is 0.454 e. The lowest BCUT2D eigenvalue weighted by Gasteiger charge is -2.30. The minimum atomic E-state index is 0.893. The quantitative estimate of drug-likeness (QED) is 0.149. The number of hydrogen-bond donors (Lipinski definition) is 0. The van der Waals surface area contributed by atoms with Crippen LogP contribution in [0.2, 0.25) is 0 Å². The van der Waals surface area contributed by atoms with Crippen molar-refractivity contribution < 1.29 is 4.42 Å². The Kier molecular flexibility index (Phi) is 7.56. The molecule has 0 saturated heterocycles. The molecule has 0 amide bonds. The third-order valence-corrected chi connectivity index (χ3v) is 14.6. The van der Waals surface area contributed by atoms with Gasteiger partial charge in [-0.05, 0) is 92.5 Å². The van der Waals surface area contributed by atoms with Crippen molar-refractivity contribution in [2.75, 3.05) is 9.80 Å². The lowest BCUT2D eigenvalue weighted by Crippen LogP contribution is -2.12. The first-order valence-electron chi connectivity index (χ1n) is 21.8. The first kappa shape index (κ1) is 35.4. The molecule has 298 valence electrons. The highest BCUT2D eigenvalue weighted by Crippen LogP contribution is 2.52. The smallest absolute Gasteiger partial charge is 0.160 e. The van der Waals surface area contributed by atoms with Crippen LogP contribution in [-0.4, -0.2) is 0 Å². The van der Waals surface area contributed by atoms with E-state index in [0.717, 1.165) is 45.3 Å². The molecule has 0 aliphatic carbocycles. The van der Waals surface area contributed by atoms with Crippen LogP contribution < -0.4 is 9.80 Å². The molecule has 0 fully saturated rings. The fourth-order valence-corrected chi connectivity index (χ4v) is 11.8. The summed E-state index contributed by atoms with van der Waals surface area (Å²) in [7, 11) is 0. The Balaban J connectivity index is 1.05. The van der Waals surface area contributed by atoms with Crippen molar-refractivity contribution in [1.29, 1.82) is 0 Å². The molecule has 0 atom stereocenters. The van der Waals surface area contributed by atoms with Crippen LogP contribution in [0.4, 0.5) is 34.1 Å². The highest BCUT2D eigenvalue weighted by molar-refractivity contribution is 7.26. The van der Waals surface area contributed by atoms with Gasteiger partial charge in [0.05, 0.1) is 33.1 Å². The predicted octanol–water partition coefficient (Wildman–Crippen LogP) is 18.0. The van der Waals surface area contributed by atoms with Gasteiger partial charge in [-0.2, -0.15) is 0 Å². The summed E-state index contributed by atoms with van der Waals surface area (Å²) in [6.07, 6.45) is 0. The molecular formula is C60H36N2OS. The Morgan fingerprint density at radius 1 is 0.328 bits per heavy atom. The third kappa shape index (κ3) is 5.09. The Bertz CT molecular complexity index is 4090. The van der Waals surface area contributed by atoms with E-state index in [9.17, 15) is 0 Å². The summed E-state index contributed by atoms with van der Waals surface area (Å²) in [6, 6.07) is 79.8. The van der Waals surface area contributed by atoms with Crippen molar-refractivity contribution in [2.45, 2.75) is 0 Å². The fourth-order valence-electron chi connectivity index (χ4n) is 10.6. The monoisotopic (exact) mass is 832 g/mol. The van der Waals surface area contributed by atoms with Crippen molar-refractivity contribution >= 4 is 131 Å². The van der Waals surface area contributed by atoms with Gasteiger partial charge in [0.2, 0.25) is 0 Å². The van der Waals surface area contributed by atoms with E-state index in [1.165, 1.54) is 85.2 Å². The van der Waals surface area contributed by atoms with Crippen LogP contribution in [0.15, 0.2) is 223 Å². The number of furan rings is 1. The van der Waals surface area contributed by atoms with Crippen LogP contribution >= 0.6 is 11.3 Å². The molecule has 2 heterocycles. The molecule has 64 heavy (non-hydrogen) atoms. The number of nitrogens with zero attached hydrogens (tertiary/aromatic N) is 2. The van der Waals surface area contributed by atoms with Crippen LogP contribution in [0.3, 0.4) is 0 Å². The van der Waals surface area contributed by atoms with Crippen LogP contribution in [0.25, 0.3) is 96.3 Å². The SMILES string of the molecule is c1ccc(-c2ccccc2N(c2ccc3ccc4c(N(c5ccccc5)c5ccc6ccc7cccc8oc5c6c78)ccc5ccc2c3c54)c2cccc3c2sc2ccccc23)cc1. The van der Waals surface area contributed by atoms with Gasteiger partial charge in [-0.3, -0.25) is 0 Å². The summed E-state index contributed by atoms with van der Waals surface area (Å²) in [5, 5.41) is 14.6. The highest BCUT2D eigenvalue weighted by Gasteiger charge is 2.27.